The van der Waals surface area contributed by atoms with Gasteiger partial charge in [-0.3, -0.25) is 9.10 Å². The number of hydrogen-bond acceptors (Lipinski definition) is 3. The quantitative estimate of drug-likeness (QED) is 0.459. The van der Waals surface area contributed by atoms with Crippen molar-refractivity contribution >= 4 is 50.5 Å². The van der Waals surface area contributed by atoms with Crippen molar-refractivity contribution in [2.45, 2.75) is 11.1 Å². The molecule has 0 radical (unpaired) electrons. The highest BCUT2D eigenvalue weighted by Crippen LogP contribution is 2.37. The van der Waals surface area contributed by atoms with Gasteiger partial charge in [-0.05, 0) is 42.5 Å². The number of sulfonamides is 1. The van der Waals surface area contributed by atoms with E-state index in [1.54, 1.807) is 18.2 Å². The summed E-state index contributed by atoms with van der Waals surface area (Å²) in [4.78, 5) is 12.5. The van der Waals surface area contributed by atoms with Crippen LogP contribution in [0, 0.1) is 0 Å². The summed E-state index contributed by atoms with van der Waals surface area (Å²) in [6.07, 6.45) is -4.75. The third-order valence-electron chi connectivity index (χ3n) is 4.31. The molecule has 0 fully saturated rings. The maximum absolute atomic E-state index is 13.3. The zero-order valence-electron chi connectivity index (χ0n) is 16.1. The lowest BCUT2D eigenvalue weighted by Gasteiger charge is -2.26. The van der Waals surface area contributed by atoms with E-state index in [0.29, 0.717) is 10.4 Å². The van der Waals surface area contributed by atoms with E-state index in [0.717, 1.165) is 12.1 Å². The number of anilines is 2. The van der Waals surface area contributed by atoms with Gasteiger partial charge in [0.1, 0.15) is 6.54 Å². The molecule has 0 saturated heterocycles. The zero-order valence-corrected chi connectivity index (χ0v) is 18.4. The number of carbonyl (C=O) groups excluding carboxylic acids is 1. The van der Waals surface area contributed by atoms with Gasteiger partial charge in [-0.1, -0.05) is 53.5 Å². The average Bonchev–Trinajstić information content (AvgIpc) is 2.74. The Kier molecular flexibility index (Phi) is 7.02. The lowest BCUT2D eigenvalue weighted by atomic mass is 10.2. The van der Waals surface area contributed by atoms with Crippen LogP contribution in [0.25, 0.3) is 0 Å². The van der Waals surface area contributed by atoms with Gasteiger partial charge < -0.3 is 5.32 Å². The van der Waals surface area contributed by atoms with E-state index < -0.39 is 39.9 Å². The fraction of sp³-hybridized carbons (Fsp3) is 0.0952. The summed E-state index contributed by atoms with van der Waals surface area (Å²) in [5.41, 5.74) is -1.39. The smallest absolute Gasteiger partial charge is 0.323 e. The minimum absolute atomic E-state index is 0.204. The molecule has 3 aromatic carbocycles. The molecule has 0 aromatic heterocycles. The highest BCUT2D eigenvalue weighted by molar-refractivity contribution is 7.92. The number of amides is 1. The summed E-state index contributed by atoms with van der Waals surface area (Å²) in [5, 5.41) is 2.39. The fourth-order valence-electron chi connectivity index (χ4n) is 2.78. The molecule has 0 aliphatic rings. The molecular formula is C21H15Cl2F3N2O3S. The summed E-state index contributed by atoms with van der Waals surface area (Å²) in [5.74, 6) is -0.828. The van der Waals surface area contributed by atoms with E-state index in [4.69, 9.17) is 23.2 Å². The molecule has 1 amide bonds. The lowest BCUT2D eigenvalue weighted by Crippen LogP contribution is -2.38. The molecule has 11 heteroatoms. The molecule has 168 valence electrons. The zero-order chi connectivity index (χ0) is 23.5. The van der Waals surface area contributed by atoms with Crippen LogP contribution in [-0.4, -0.2) is 20.9 Å². The largest absolute Gasteiger partial charge is 0.416 e. The second kappa shape index (κ2) is 9.40. The minimum Gasteiger partial charge on any atom is -0.323 e. The van der Waals surface area contributed by atoms with Crippen molar-refractivity contribution in [3.05, 3.63) is 88.4 Å². The van der Waals surface area contributed by atoms with Gasteiger partial charge >= 0.3 is 6.18 Å². The monoisotopic (exact) mass is 502 g/mol. The van der Waals surface area contributed by atoms with Gasteiger partial charge in [0.25, 0.3) is 10.0 Å². The van der Waals surface area contributed by atoms with Gasteiger partial charge in [0.05, 0.1) is 31.9 Å². The summed E-state index contributed by atoms with van der Waals surface area (Å²) in [6.45, 7) is -0.844. The number of para-hydroxylation sites is 1. The van der Waals surface area contributed by atoms with Crippen LogP contribution >= 0.6 is 23.2 Å². The van der Waals surface area contributed by atoms with Crippen LogP contribution in [0.15, 0.2) is 77.7 Å². The first-order valence-electron chi connectivity index (χ1n) is 8.99. The van der Waals surface area contributed by atoms with Crippen LogP contribution in [0.5, 0.6) is 0 Å². The first-order valence-corrected chi connectivity index (χ1v) is 11.2. The first kappa shape index (κ1) is 23.9. The molecule has 0 spiro atoms. The summed E-state index contributed by atoms with van der Waals surface area (Å²) in [7, 11) is -4.45. The molecule has 0 atom stereocenters. The van der Waals surface area contributed by atoms with Crippen molar-refractivity contribution in [2.24, 2.45) is 0 Å². The normalized spacial score (nSPS) is 11.8. The van der Waals surface area contributed by atoms with Crippen LogP contribution < -0.4 is 9.62 Å². The maximum atomic E-state index is 13.3. The SMILES string of the molecule is O=C(CN(c1cc(C(F)(F)F)ccc1Cl)S(=O)(=O)c1ccccc1)Nc1ccccc1Cl. The Morgan fingerprint density at radius 3 is 2.16 bits per heavy atom. The first-order chi connectivity index (χ1) is 15.0. The van der Waals surface area contributed by atoms with E-state index in [2.05, 4.69) is 5.32 Å². The van der Waals surface area contributed by atoms with Gasteiger partial charge in [0.2, 0.25) is 5.91 Å². The predicted molar refractivity (Wildman–Crippen MR) is 118 cm³/mol. The molecule has 0 bridgehead atoms. The molecule has 0 heterocycles. The third kappa shape index (κ3) is 5.35. The number of alkyl halides is 3. The van der Waals surface area contributed by atoms with Crippen molar-refractivity contribution in [2.75, 3.05) is 16.2 Å². The van der Waals surface area contributed by atoms with Crippen molar-refractivity contribution in [1.82, 2.24) is 0 Å². The second-order valence-corrected chi connectivity index (χ2v) is 9.19. The molecule has 32 heavy (non-hydrogen) atoms. The number of carbonyl (C=O) groups is 1. The number of nitrogens with zero attached hydrogens (tertiary/aromatic N) is 1. The number of nitrogens with one attached hydrogen (secondary N) is 1. The number of rotatable bonds is 6. The molecule has 3 rings (SSSR count). The van der Waals surface area contributed by atoms with E-state index in [1.165, 1.54) is 36.4 Å². The molecule has 0 aliphatic carbocycles. The van der Waals surface area contributed by atoms with Crippen LogP contribution in [0.4, 0.5) is 24.5 Å². The topological polar surface area (TPSA) is 66.5 Å². The van der Waals surface area contributed by atoms with E-state index >= 15 is 0 Å². The predicted octanol–water partition coefficient (Wildman–Crippen LogP) is 5.85. The molecular weight excluding hydrogens is 488 g/mol. The van der Waals surface area contributed by atoms with Crippen LogP contribution in [0.1, 0.15) is 5.56 Å². The van der Waals surface area contributed by atoms with Crippen LogP contribution in [0.3, 0.4) is 0 Å². The standard InChI is InChI=1S/C21H15Cl2F3N2O3S/c22-16-8-4-5-9-18(16)27-20(29)13-28(32(30,31)15-6-2-1-3-7-15)19-12-14(21(24,25)26)10-11-17(19)23/h1-12H,13H2,(H,27,29). The Hall–Kier alpha value is -2.75. The Bertz CT molecular complexity index is 1240. The van der Waals surface area contributed by atoms with E-state index in [9.17, 15) is 26.4 Å². The third-order valence-corrected chi connectivity index (χ3v) is 6.73. The van der Waals surface area contributed by atoms with Crippen LogP contribution in [0.2, 0.25) is 10.0 Å². The minimum atomic E-state index is -4.75. The van der Waals surface area contributed by atoms with E-state index in [-0.39, 0.29) is 20.6 Å². The number of hydrogen-bond donors (Lipinski definition) is 1. The summed E-state index contributed by atoms with van der Waals surface area (Å²) in [6, 6.07) is 15.5. The lowest BCUT2D eigenvalue weighted by molar-refractivity contribution is -0.137. The Labute approximate surface area is 192 Å². The van der Waals surface area contributed by atoms with Crippen molar-refractivity contribution < 1.29 is 26.4 Å². The Morgan fingerprint density at radius 2 is 1.53 bits per heavy atom. The highest BCUT2D eigenvalue weighted by atomic mass is 35.5. The summed E-state index contributed by atoms with van der Waals surface area (Å²) >= 11 is 12.1. The number of halogens is 5. The second-order valence-electron chi connectivity index (χ2n) is 6.52. The van der Waals surface area contributed by atoms with Crippen LogP contribution in [-0.2, 0) is 21.0 Å². The van der Waals surface area contributed by atoms with Gasteiger partial charge in [-0.2, -0.15) is 13.2 Å². The molecule has 0 saturated carbocycles. The van der Waals surface area contributed by atoms with E-state index in [1.807, 2.05) is 0 Å². The number of benzene rings is 3. The fourth-order valence-corrected chi connectivity index (χ4v) is 4.69. The van der Waals surface area contributed by atoms with Gasteiger partial charge in [-0.15, -0.1) is 0 Å². The molecule has 0 aliphatic heterocycles. The van der Waals surface area contributed by atoms with Gasteiger partial charge in [0.15, 0.2) is 0 Å². The molecule has 0 unspecified atom stereocenters. The van der Waals surface area contributed by atoms with Crippen molar-refractivity contribution in [3.8, 4) is 0 Å². The Morgan fingerprint density at radius 1 is 0.906 bits per heavy atom. The highest BCUT2D eigenvalue weighted by Gasteiger charge is 2.34. The van der Waals surface area contributed by atoms with Gasteiger partial charge in [-0.25, -0.2) is 8.42 Å². The summed E-state index contributed by atoms with van der Waals surface area (Å²) < 4.78 is 66.9. The van der Waals surface area contributed by atoms with Crippen molar-refractivity contribution in [3.63, 3.8) is 0 Å². The molecule has 1 N–H and O–H groups in total. The average molecular weight is 503 g/mol. The maximum Gasteiger partial charge on any atom is 0.416 e. The molecule has 3 aromatic rings. The van der Waals surface area contributed by atoms with Gasteiger partial charge in [0, 0.05) is 0 Å². The Balaban J connectivity index is 2.07. The molecule has 5 nitrogen and oxygen atoms in total. The van der Waals surface area contributed by atoms with Crippen molar-refractivity contribution in [1.29, 1.82) is 0 Å².